The summed E-state index contributed by atoms with van der Waals surface area (Å²) in [6, 6.07) is 3.22. The van der Waals surface area contributed by atoms with Crippen molar-refractivity contribution in [2.24, 2.45) is 0 Å². The third kappa shape index (κ3) is 3.78. The molecule has 0 aliphatic carbocycles. The van der Waals surface area contributed by atoms with E-state index in [2.05, 4.69) is 10.0 Å². The normalized spacial score (nSPS) is 17.4. The lowest BCUT2D eigenvalue weighted by Crippen LogP contribution is -2.48. The minimum absolute atomic E-state index is 0.0621. The van der Waals surface area contributed by atoms with Crippen LogP contribution < -0.4 is 10.0 Å². The second kappa shape index (κ2) is 6.66. The molecule has 2 N–H and O–H groups in total. The van der Waals surface area contributed by atoms with E-state index < -0.39 is 10.0 Å². The van der Waals surface area contributed by atoms with Crippen molar-refractivity contribution in [2.75, 3.05) is 26.7 Å². The summed E-state index contributed by atoms with van der Waals surface area (Å²) in [4.78, 5) is 13.5. The predicted molar refractivity (Wildman–Crippen MR) is 78.2 cm³/mol. The van der Waals surface area contributed by atoms with Crippen molar-refractivity contribution in [3.05, 3.63) is 17.5 Å². The Morgan fingerprint density at radius 2 is 2.15 bits per heavy atom. The van der Waals surface area contributed by atoms with Gasteiger partial charge in [0.25, 0.3) is 0 Å². The van der Waals surface area contributed by atoms with Gasteiger partial charge in [0.15, 0.2) is 0 Å². The molecule has 112 valence electrons. The van der Waals surface area contributed by atoms with Gasteiger partial charge in [-0.25, -0.2) is 13.1 Å². The molecule has 1 aliphatic heterocycles. The summed E-state index contributed by atoms with van der Waals surface area (Å²) in [5.74, 6) is 0.0621. The Bertz CT molecular complexity index is 534. The first-order chi connectivity index (χ1) is 9.53. The third-order valence-electron chi connectivity index (χ3n) is 3.26. The highest BCUT2D eigenvalue weighted by atomic mass is 32.2. The molecule has 1 saturated heterocycles. The van der Waals surface area contributed by atoms with Crippen LogP contribution in [0.2, 0.25) is 0 Å². The van der Waals surface area contributed by atoms with Gasteiger partial charge < -0.3 is 10.2 Å². The van der Waals surface area contributed by atoms with E-state index in [4.69, 9.17) is 0 Å². The van der Waals surface area contributed by atoms with Gasteiger partial charge in [-0.3, -0.25) is 4.79 Å². The number of likely N-dealkylation sites (tertiary alicyclic amines) is 1. The van der Waals surface area contributed by atoms with Crippen LogP contribution >= 0.6 is 11.3 Å². The fourth-order valence-corrected chi connectivity index (χ4v) is 4.52. The molecule has 20 heavy (non-hydrogen) atoms. The number of nitrogens with zero attached hydrogens (tertiary/aromatic N) is 1. The Morgan fingerprint density at radius 1 is 1.45 bits per heavy atom. The smallest absolute Gasteiger partial charge is 0.250 e. The topological polar surface area (TPSA) is 78.5 Å². The summed E-state index contributed by atoms with van der Waals surface area (Å²) in [6.07, 6.45) is 1.31. The molecule has 1 fully saturated rings. The van der Waals surface area contributed by atoms with Crippen molar-refractivity contribution in [1.82, 2.24) is 14.9 Å². The Hall–Kier alpha value is -0.960. The number of likely N-dealkylation sites (N-methyl/N-ethyl adjacent to an activating group) is 1. The summed E-state index contributed by atoms with van der Waals surface area (Å²) >= 11 is 1.21. The number of carbonyl (C=O) groups excluding carboxylic acids is 1. The lowest BCUT2D eigenvalue weighted by atomic mass is 10.1. The van der Waals surface area contributed by atoms with Gasteiger partial charge >= 0.3 is 0 Å². The van der Waals surface area contributed by atoms with E-state index >= 15 is 0 Å². The maximum Gasteiger partial charge on any atom is 0.250 e. The molecule has 0 unspecified atom stereocenters. The summed E-state index contributed by atoms with van der Waals surface area (Å²) in [7, 11) is -1.68. The van der Waals surface area contributed by atoms with Crippen LogP contribution in [-0.4, -0.2) is 51.9 Å². The van der Waals surface area contributed by atoms with Crippen LogP contribution in [0.4, 0.5) is 0 Å². The Morgan fingerprint density at radius 3 is 2.70 bits per heavy atom. The highest BCUT2D eigenvalue weighted by Gasteiger charge is 2.26. The summed E-state index contributed by atoms with van der Waals surface area (Å²) in [5, 5.41) is 4.58. The molecule has 0 saturated carbocycles. The fraction of sp³-hybridized carbons (Fsp3) is 0.583. The number of rotatable bonds is 5. The number of hydrogen-bond acceptors (Lipinski definition) is 5. The van der Waals surface area contributed by atoms with E-state index in [0.29, 0.717) is 36.7 Å². The van der Waals surface area contributed by atoms with Crippen LogP contribution in [-0.2, 0) is 14.8 Å². The minimum Gasteiger partial charge on any atom is -0.341 e. The first-order valence-corrected chi connectivity index (χ1v) is 8.87. The van der Waals surface area contributed by atoms with Crippen LogP contribution in [0.25, 0.3) is 0 Å². The molecule has 0 atom stereocenters. The van der Waals surface area contributed by atoms with E-state index in [-0.39, 0.29) is 11.9 Å². The molecule has 2 heterocycles. The average Bonchev–Trinajstić information content (AvgIpc) is 2.94. The Labute approximate surface area is 123 Å². The van der Waals surface area contributed by atoms with Crippen LogP contribution in [0, 0.1) is 0 Å². The minimum atomic E-state index is -3.41. The summed E-state index contributed by atoms with van der Waals surface area (Å²) in [5.41, 5.74) is 0. The fourth-order valence-electron chi connectivity index (χ4n) is 2.20. The van der Waals surface area contributed by atoms with Crippen molar-refractivity contribution >= 4 is 27.3 Å². The lowest BCUT2D eigenvalue weighted by molar-refractivity contribution is -0.131. The zero-order valence-corrected chi connectivity index (χ0v) is 13.0. The molecule has 8 heteroatoms. The van der Waals surface area contributed by atoms with Gasteiger partial charge in [0.05, 0.1) is 6.54 Å². The van der Waals surface area contributed by atoms with Crippen molar-refractivity contribution in [2.45, 2.75) is 23.1 Å². The summed E-state index contributed by atoms with van der Waals surface area (Å²) in [6.45, 7) is 1.52. The van der Waals surface area contributed by atoms with Crippen molar-refractivity contribution in [3.63, 3.8) is 0 Å². The molecular formula is C12H19N3O3S2. The molecule has 0 aromatic carbocycles. The van der Waals surface area contributed by atoms with Crippen molar-refractivity contribution < 1.29 is 13.2 Å². The standard InChI is InChI=1S/C12H19N3O3S2/c1-13-9-11(16)15-6-4-10(5-7-15)14-20(17,18)12-3-2-8-19-12/h2-3,8,10,13-14H,4-7,9H2,1H3. The van der Waals surface area contributed by atoms with Gasteiger partial charge in [0.2, 0.25) is 15.9 Å². The number of nitrogens with one attached hydrogen (secondary N) is 2. The van der Waals surface area contributed by atoms with Gasteiger partial charge in [0, 0.05) is 19.1 Å². The Balaban J connectivity index is 1.87. The second-order valence-corrected chi connectivity index (χ2v) is 7.63. The van der Waals surface area contributed by atoms with Gasteiger partial charge in [-0.1, -0.05) is 6.07 Å². The second-order valence-electron chi connectivity index (χ2n) is 4.74. The Kier molecular flexibility index (Phi) is 5.14. The van der Waals surface area contributed by atoms with E-state index in [0.717, 1.165) is 0 Å². The molecule has 0 spiro atoms. The number of carbonyl (C=O) groups is 1. The highest BCUT2D eigenvalue weighted by Crippen LogP contribution is 2.18. The number of sulfonamides is 1. The zero-order valence-electron chi connectivity index (χ0n) is 11.3. The molecular weight excluding hydrogens is 298 g/mol. The zero-order chi connectivity index (χ0) is 14.6. The number of thiophene rings is 1. The average molecular weight is 317 g/mol. The first kappa shape index (κ1) is 15.4. The van der Waals surface area contributed by atoms with Crippen molar-refractivity contribution in [3.8, 4) is 0 Å². The number of amides is 1. The third-order valence-corrected chi connectivity index (χ3v) is 6.18. The lowest BCUT2D eigenvalue weighted by Gasteiger charge is -2.32. The van der Waals surface area contributed by atoms with E-state index in [1.165, 1.54) is 11.3 Å². The monoisotopic (exact) mass is 317 g/mol. The summed E-state index contributed by atoms with van der Waals surface area (Å²) < 4.78 is 27.2. The van der Waals surface area contributed by atoms with Gasteiger partial charge in [-0.2, -0.15) is 0 Å². The molecule has 0 bridgehead atoms. The molecule has 1 aliphatic rings. The van der Waals surface area contributed by atoms with Crippen molar-refractivity contribution in [1.29, 1.82) is 0 Å². The maximum atomic E-state index is 12.1. The molecule has 2 rings (SSSR count). The molecule has 1 aromatic rings. The van der Waals surface area contributed by atoms with E-state index in [1.54, 1.807) is 29.5 Å². The van der Waals surface area contributed by atoms with Crippen LogP contribution in [0.15, 0.2) is 21.7 Å². The predicted octanol–water partition coefficient (Wildman–Crippen LogP) is 0.237. The molecule has 0 radical (unpaired) electrons. The molecule has 1 amide bonds. The molecule has 6 nitrogen and oxygen atoms in total. The SMILES string of the molecule is CNCC(=O)N1CCC(NS(=O)(=O)c2cccs2)CC1. The number of piperidine rings is 1. The van der Waals surface area contributed by atoms with E-state index in [9.17, 15) is 13.2 Å². The quantitative estimate of drug-likeness (QED) is 0.815. The van der Waals surface area contributed by atoms with Crippen LogP contribution in [0.5, 0.6) is 0 Å². The maximum absolute atomic E-state index is 12.1. The van der Waals surface area contributed by atoms with Crippen LogP contribution in [0.3, 0.4) is 0 Å². The largest absolute Gasteiger partial charge is 0.341 e. The van der Waals surface area contributed by atoms with E-state index in [1.807, 2.05) is 0 Å². The highest BCUT2D eigenvalue weighted by molar-refractivity contribution is 7.91. The number of hydrogen-bond donors (Lipinski definition) is 2. The van der Waals surface area contributed by atoms with Gasteiger partial charge in [0.1, 0.15) is 4.21 Å². The van der Waals surface area contributed by atoms with Crippen LogP contribution in [0.1, 0.15) is 12.8 Å². The van der Waals surface area contributed by atoms with Gasteiger partial charge in [-0.15, -0.1) is 11.3 Å². The van der Waals surface area contributed by atoms with Gasteiger partial charge in [-0.05, 0) is 31.3 Å². The first-order valence-electron chi connectivity index (χ1n) is 6.51. The molecule has 1 aromatic heterocycles.